The Morgan fingerprint density at radius 3 is 2.43 bits per heavy atom. The van der Waals surface area contributed by atoms with Crippen LogP contribution in [0, 0.1) is 13.8 Å². The number of aryl methyl sites for hydroxylation is 2. The molecule has 2 aromatic rings. The monoisotopic (exact) mass is 378 g/mol. The first-order chi connectivity index (χ1) is 13.5. The Bertz CT molecular complexity index is 809. The zero-order valence-electron chi connectivity index (χ0n) is 16.9. The Morgan fingerprint density at radius 1 is 1.00 bits per heavy atom. The van der Waals surface area contributed by atoms with Gasteiger partial charge in [0.25, 0.3) is 0 Å². The second-order valence-electron chi connectivity index (χ2n) is 7.85. The average molecular weight is 379 g/mol. The highest BCUT2D eigenvalue weighted by Gasteiger charge is 2.21. The largest absolute Gasteiger partial charge is 0.353 e. The Balaban J connectivity index is 1.40. The zero-order chi connectivity index (χ0) is 19.9. The van der Waals surface area contributed by atoms with E-state index in [1.54, 1.807) is 0 Å². The molecule has 0 radical (unpaired) electrons. The third-order valence-electron chi connectivity index (χ3n) is 5.47. The second kappa shape index (κ2) is 9.65. The van der Waals surface area contributed by atoms with Crippen LogP contribution in [-0.2, 0) is 11.3 Å². The number of carbonyl (C=O) groups excluding carboxylic acids is 2. The lowest BCUT2D eigenvalue weighted by Crippen LogP contribution is -2.44. The molecule has 0 unspecified atom stereocenters. The number of nitrogens with one attached hydrogen (secondary N) is 1. The molecule has 1 fully saturated rings. The molecule has 4 heteroatoms. The fraction of sp³-hybridized carbons (Fsp3) is 0.417. The highest BCUT2D eigenvalue weighted by molar-refractivity contribution is 5.99. The van der Waals surface area contributed by atoms with E-state index in [0.29, 0.717) is 0 Å². The van der Waals surface area contributed by atoms with Gasteiger partial charge in [0, 0.05) is 44.1 Å². The first-order valence-electron chi connectivity index (χ1n) is 10.2. The van der Waals surface area contributed by atoms with Gasteiger partial charge < -0.3 is 5.32 Å². The third-order valence-corrected chi connectivity index (χ3v) is 5.47. The van der Waals surface area contributed by atoms with E-state index in [0.717, 1.165) is 49.2 Å². The van der Waals surface area contributed by atoms with Gasteiger partial charge in [0.2, 0.25) is 5.91 Å². The number of ketones is 1. The van der Waals surface area contributed by atoms with Crippen LogP contribution in [0.1, 0.15) is 52.7 Å². The zero-order valence-corrected chi connectivity index (χ0v) is 16.9. The van der Waals surface area contributed by atoms with Crippen molar-refractivity contribution >= 4 is 11.7 Å². The molecular weight excluding hydrogens is 348 g/mol. The van der Waals surface area contributed by atoms with Crippen molar-refractivity contribution in [3.8, 4) is 0 Å². The highest BCUT2D eigenvalue weighted by Crippen LogP contribution is 2.16. The molecule has 1 saturated heterocycles. The van der Waals surface area contributed by atoms with E-state index < -0.39 is 0 Å². The summed E-state index contributed by atoms with van der Waals surface area (Å²) in [4.78, 5) is 27.2. The molecule has 0 aliphatic carbocycles. The van der Waals surface area contributed by atoms with Gasteiger partial charge in [-0.2, -0.15) is 0 Å². The van der Waals surface area contributed by atoms with Crippen LogP contribution in [-0.4, -0.2) is 35.7 Å². The van der Waals surface area contributed by atoms with Crippen LogP contribution in [0.15, 0.2) is 48.5 Å². The van der Waals surface area contributed by atoms with Crippen LogP contribution < -0.4 is 5.32 Å². The van der Waals surface area contributed by atoms with Crippen molar-refractivity contribution < 1.29 is 9.59 Å². The van der Waals surface area contributed by atoms with Crippen LogP contribution >= 0.6 is 0 Å². The lowest BCUT2D eigenvalue weighted by Gasteiger charge is -2.32. The van der Waals surface area contributed by atoms with E-state index in [-0.39, 0.29) is 30.6 Å². The van der Waals surface area contributed by atoms with Crippen molar-refractivity contribution in [1.29, 1.82) is 0 Å². The summed E-state index contributed by atoms with van der Waals surface area (Å²) in [5, 5.41) is 3.12. The normalized spacial score (nSPS) is 15.4. The predicted octanol–water partition coefficient (Wildman–Crippen LogP) is 4.05. The number of carbonyl (C=O) groups is 2. The lowest BCUT2D eigenvalue weighted by molar-refractivity contribution is -0.122. The van der Waals surface area contributed by atoms with Crippen molar-refractivity contribution in [3.05, 3.63) is 70.8 Å². The van der Waals surface area contributed by atoms with Gasteiger partial charge in [0.15, 0.2) is 5.78 Å². The summed E-state index contributed by atoms with van der Waals surface area (Å²) in [5.74, 6) is 0.0363. The van der Waals surface area contributed by atoms with Gasteiger partial charge in [0.05, 0.1) is 0 Å². The third kappa shape index (κ3) is 5.77. The summed E-state index contributed by atoms with van der Waals surface area (Å²) >= 11 is 0. The van der Waals surface area contributed by atoms with Gasteiger partial charge in [-0.3, -0.25) is 14.5 Å². The molecule has 148 valence electrons. The minimum atomic E-state index is -0.0137. The molecule has 0 atom stereocenters. The Hall–Kier alpha value is -2.46. The number of piperidine rings is 1. The quantitative estimate of drug-likeness (QED) is 0.740. The van der Waals surface area contributed by atoms with Gasteiger partial charge >= 0.3 is 0 Å². The maximum atomic E-state index is 12.4. The summed E-state index contributed by atoms with van der Waals surface area (Å²) in [5.41, 5.74) is 4.11. The van der Waals surface area contributed by atoms with E-state index in [1.807, 2.05) is 38.1 Å². The van der Waals surface area contributed by atoms with E-state index in [4.69, 9.17) is 0 Å². The molecule has 1 aliphatic heterocycles. The molecular formula is C24H30N2O2. The second-order valence-corrected chi connectivity index (χ2v) is 7.85. The molecule has 0 aromatic heterocycles. The number of hydrogen-bond donors (Lipinski definition) is 1. The van der Waals surface area contributed by atoms with Crippen molar-refractivity contribution in [2.24, 2.45) is 0 Å². The van der Waals surface area contributed by atoms with Crippen LogP contribution in [0.4, 0.5) is 0 Å². The summed E-state index contributed by atoms with van der Waals surface area (Å²) < 4.78 is 0. The number of likely N-dealkylation sites (tertiary alicyclic amines) is 1. The summed E-state index contributed by atoms with van der Waals surface area (Å²) in [6.45, 7) is 6.86. The number of benzene rings is 2. The fourth-order valence-electron chi connectivity index (χ4n) is 3.77. The van der Waals surface area contributed by atoms with E-state index in [2.05, 4.69) is 34.5 Å². The Kier molecular flexibility index (Phi) is 6.99. The summed E-state index contributed by atoms with van der Waals surface area (Å²) in [7, 11) is 0. The van der Waals surface area contributed by atoms with Crippen LogP contribution in [0.25, 0.3) is 0 Å². The molecule has 1 amide bonds. The SMILES string of the molecule is Cc1ccc(C)c(C(=O)CCC(=O)NC2CCN(Cc3ccccc3)CC2)c1. The molecule has 0 bridgehead atoms. The van der Waals surface area contributed by atoms with Crippen molar-refractivity contribution in [3.63, 3.8) is 0 Å². The van der Waals surface area contributed by atoms with Crippen LogP contribution in [0.3, 0.4) is 0 Å². The van der Waals surface area contributed by atoms with Gasteiger partial charge in [-0.05, 0) is 43.9 Å². The first-order valence-corrected chi connectivity index (χ1v) is 10.2. The van der Waals surface area contributed by atoms with Gasteiger partial charge in [-0.15, -0.1) is 0 Å². The van der Waals surface area contributed by atoms with E-state index >= 15 is 0 Å². The van der Waals surface area contributed by atoms with E-state index in [1.165, 1.54) is 5.56 Å². The standard InChI is InChI=1S/C24H30N2O2/c1-18-8-9-19(2)22(16-18)23(27)10-11-24(28)25-21-12-14-26(15-13-21)17-20-6-4-3-5-7-20/h3-9,16,21H,10-15,17H2,1-2H3,(H,25,28). The van der Waals surface area contributed by atoms with Gasteiger partial charge in [-0.1, -0.05) is 48.0 Å². The van der Waals surface area contributed by atoms with Crippen molar-refractivity contribution in [1.82, 2.24) is 10.2 Å². The molecule has 0 spiro atoms. The molecule has 28 heavy (non-hydrogen) atoms. The summed E-state index contributed by atoms with van der Waals surface area (Å²) in [6.07, 6.45) is 2.45. The lowest BCUT2D eigenvalue weighted by atomic mass is 9.99. The Labute approximate surface area is 167 Å². The molecule has 4 nitrogen and oxygen atoms in total. The Morgan fingerprint density at radius 2 is 1.71 bits per heavy atom. The van der Waals surface area contributed by atoms with Gasteiger partial charge in [0.1, 0.15) is 0 Å². The number of nitrogens with zero attached hydrogens (tertiary/aromatic N) is 1. The average Bonchev–Trinajstić information content (AvgIpc) is 2.70. The van der Waals surface area contributed by atoms with Crippen molar-refractivity contribution in [2.45, 2.75) is 52.1 Å². The molecule has 1 N–H and O–H groups in total. The topological polar surface area (TPSA) is 49.4 Å². The molecule has 2 aromatic carbocycles. The number of rotatable bonds is 7. The first kappa shape index (κ1) is 20.3. The fourth-order valence-corrected chi connectivity index (χ4v) is 3.77. The molecule has 0 saturated carbocycles. The van der Waals surface area contributed by atoms with Crippen LogP contribution in [0.2, 0.25) is 0 Å². The number of Topliss-reactive ketones (excluding diaryl/α,β-unsaturated/α-hetero) is 1. The minimum absolute atomic E-state index is 0.0137. The highest BCUT2D eigenvalue weighted by atomic mass is 16.2. The maximum Gasteiger partial charge on any atom is 0.220 e. The van der Waals surface area contributed by atoms with Gasteiger partial charge in [-0.25, -0.2) is 0 Å². The molecule has 1 aliphatic rings. The minimum Gasteiger partial charge on any atom is -0.353 e. The van der Waals surface area contributed by atoms with Crippen molar-refractivity contribution in [2.75, 3.05) is 13.1 Å². The molecule has 1 heterocycles. The number of amides is 1. The maximum absolute atomic E-state index is 12.4. The predicted molar refractivity (Wildman–Crippen MR) is 112 cm³/mol. The van der Waals surface area contributed by atoms with Crippen LogP contribution in [0.5, 0.6) is 0 Å². The smallest absolute Gasteiger partial charge is 0.220 e. The van der Waals surface area contributed by atoms with E-state index in [9.17, 15) is 9.59 Å². The molecule has 3 rings (SSSR count). The summed E-state index contributed by atoms with van der Waals surface area (Å²) in [6, 6.07) is 16.6. The number of hydrogen-bond acceptors (Lipinski definition) is 3.